The Kier molecular flexibility index (Phi) is 28.6. The molecule has 12 rings (SSSR count). The Bertz CT molecular complexity index is 5150. The maximum atomic E-state index is 13.0. The molecular weight excluding hydrogens is 1400 g/mol. The smallest absolute Gasteiger partial charge is 0.412 e. The molecule has 0 aliphatic carbocycles. The predicted molar refractivity (Wildman–Crippen MR) is 419 cm³/mol. The number of carbonyl (C=O) groups is 5. The van der Waals surface area contributed by atoms with E-state index in [4.69, 9.17) is 48.5 Å². The van der Waals surface area contributed by atoms with E-state index in [-0.39, 0.29) is 48.1 Å². The molecule has 0 spiro atoms. The molecule has 22 heteroatoms. The van der Waals surface area contributed by atoms with Gasteiger partial charge in [-0.2, -0.15) is 0 Å². The number of carbonyl (C=O) groups excluding carboxylic acids is 5. The van der Waals surface area contributed by atoms with Crippen molar-refractivity contribution in [3.05, 3.63) is 267 Å². The summed E-state index contributed by atoms with van der Waals surface area (Å²) in [5, 5.41) is 16.1. The Morgan fingerprint density at radius 1 is 0.519 bits per heavy atom. The summed E-state index contributed by atoms with van der Waals surface area (Å²) >= 11 is 5.43. The Labute approximate surface area is 631 Å². The fourth-order valence-corrected chi connectivity index (χ4v) is 12.3. The number of anilines is 2. The summed E-state index contributed by atoms with van der Waals surface area (Å²) in [6.07, 6.45) is 6.31. The van der Waals surface area contributed by atoms with E-state index in [9.17, 15) is 43.5 Å². The minimum Gasteiger partial charge on any atom is -0.508 e. The van der Waals surface area contributed by atoms with Gasteiger partial charge >= 0.3 is 35.0 Å². The Balaban J connectivity index is 0.000000171. The maximum Gasteiger partial charge on any atom is 0.412 e. The largest absolute Gasteiger partial charge is 0.508 e. The molecule has 2 aliphatic heterocycles. The van der Waals surface area contributed by atoms with E-state index < -0.39 is 40.3 Å². The van der Waals surface area contributed by atoms with Crippen molar-refractivity contribution < 1.29 is 66.0 Å². The van der Waals surface area contributed by atoms with E-state index in [0.29, 0.717) is 87.2 Å². The van der Waals surface area contributed by atoms with E-state index >= 15 is 0 Å². The Hall–Kier alpha value is -11.4. The molecule has 2 fully saturated rings. The first-order valence-corrected chi connectivity index (χ1v) is 35.9. The molecule has 2 atom stereocenters. The molecule has 2 amide bonds. The van der Waals surface area contributed by atoms with Gasteiger partial charge in [0.25, 0.3) is 5.24 Å². The number of ketones is 1. The van der Waals surface area contributed by atoms with Gasteiger partial charge in [-0.05, 0) is 227 Å². The number of phenolic OH excluding ortho intramolecular Hbond substituents is 1. The van der Waals surface area contributed by atoms with Gasteiger partial charge in [0.2, 0.25) is 0 Å². The van der Waals surface area contributed by atoms with Gasteiger partial charge in [0.15, 0.2) is 5.78 Å². The number of hydrogen-bond donors (Lipinski definition) is 3. The first kappa shape index (κ1) is 80.7. The number of allylic oxidation sites excluding steroid dienone is 4. The monoisotopic (exact) mass is 1490 g/mol. The third kappa shape index (κ3) is 23.1. The number of esters is 1. The first-order chi connectivity index (χ1) is 51.6. The van der Waals surface area contributed by atoms with Crippen molar-refractivity contribution in [2.24, 2.45) is 11.8 Å². The number of aryl methyl sites for hydroxylation is 4. The normalized spacial score (nSPS) is 13.9. The summed E-state index contributed by atoms with van der Waals surface area (Å²) in [7, 11) is 4.24. The second-order valence-corrected chi connectivity index (χ2v) is 27.9. The number of rotatable bonds is 21. The van der Waals surface area contributed by atoms with Crippen molar-refractivity contribution in [1.29, 1.82) is 0 Å². The molecule has 108 heavy (non-hydrogen) atoms. The van der Waals surface area contributed by atoms with Crippen LogP contribution in [-0.4, -0.2) is 97.6 Å². The van der Waals surface area contributed by atoms with Gasteiger partial charge in [-0.25, -0.2) is 24.0 Å². The number of fused-ring (bicyclic) bond motifs is 3. The van der Waals surface area contributed by atoms with Crippen LogP contribution in [0.1, 0.15) is 118 Å². The summed E-state index contributed by atoms with van der Waals surface area (Å²) in [5.41, 5.74) is 9.97. The Morgan fingerprint density at radius 2 is 0.963 bits per heavy atom. The molecule has 21 nitrogen and oxygen atoms in total. The second-order valence-electron chi connectivity index (χ2n) is 27.5. The maximum absolute atomic E-state index is 13.0. The van der Waals surface area contributed by atoms with E-state index in [0.717, 1.165) is 101 Å². The van der Waals surface area contributed by atoms with Gasteiger partial charge in [-0.15, -0.1) is 0 Å². The SMILES string of the molecule is CC(=O)Oc1ccc(C(=O)Cl)cc1CC=C(C)C.CC(C)=CCc1cc(C(=O)Cc2cc3ccc(OCC4CCN(C)C4)c(C)c3oc2=O)ccc1C.Cc1c(O)ccc2cc(NC(=O)OCc3ccccc3)c(=O)oc12.Cc1c(OCC2CCN(C)C2)ccc2cc(NC(=O)OCc3ccccc3)c(=O)oc12. The highest BCUT2D eigenvalue weighted by atomic mass is 35.5. The van der Waals surface area contributed by atoms with Gasteiger partial charge < -0.3 is 51.8 Å². The van der Waals surface area contributed by atoms with Crippen LogP contribution in [0, 0.1) is 39.5 Å². The van der Waals surface area contributed by atoms with Crippen molar-refractivity contribution in [3.63, 3.8) is 0 Å². The van der Waals surface area contributed by atoms with Crippen LogP contribution in [0.5, 0.6) is 23.0 Å². The summed E-state index contributed by atoms with van der Waals surface area (Å²) in [5.74, 6) is 2.47. The third-order valence-electron chi connectivity index (χ3n) is 18.2. The van der Waals surface area contributed by atoms with Gasteiger partial charge in [-0.3, -0.25) is 25.0 Å². The summed E-state index contributed by atoms with van der Waals surface area (Å²) < 4.78 is 43.8. The van der Waals surface area contributed by atoms with E-state index in [1.54, 1.807) is 43.3 Å². The predicted octanol–water partition coefficient (Wildman–Crippen LogP) is 16.9. The number of aromatic hydroxyl groups is 1. The van der Waals surface area contributed by atoms with Crippen LogP contribution in [0.15, 0.2) is 203 Å². The number of amides is 2. The van der Waals surface area contributed by atoms with Crippen LogP contribution in [0.3, 0.4) is 0 Å². The highest BCUT2D eigenvalue weighted by molar-refractivity contribution is 6.67. The molecule has 2 unspecified atom stereocenters. The zero-order valence-electron chi connectivity index (χ0n) is 62.7. The van der Waals surface area contributed by atoms with Gasteiger partial charge in [-0.1, -0.05) is 96.1 Å². The zero-order valence-corrected chi connectivity index (χ0v) is 63.4. The van der Waals surface area contributed by atoms with Crippen LogP contribution in [0.2, 0.25) is 0 Å². The van der Waals surface area contributed by atoms with Crippen molar-refractivity contribution in [1.82, 2.24) is 9.80 Å². The minimum atomic E-state index is -0.749. The minimum absolute atomic E-state index is 0.00984. The van der Waals surface area contributed by atoms with Crippen molar-refractivity contribution in [2.45, 2.75) is 108 Å². The lowest BCUT2D eigenvalue weighted by Crippen LogP contribution is -2.19. The van der Waals surface area contributed by atoms with Gasteiger partial charge in [0, 0.05) is 87.8 Å². The number of halogens is 1. The fourth-order valence-electron chi connectivity index (χ4n) is 12.1. The molecule has 10 aromatic rings. The lowest BCUT2D eigenvalue weighted by atomic mass is 9.97. The van der Waals surface area contributed by atoms with Crippen LogP contribution >= 0.6 is 11.6 Å². The number of benzene rings is 7. The third-order valence-corrected chi connectivity index (χ3v) is 18.5. The van der Waals surface area contributed by atoms with Crippen molar-refractivity contribution >= 4 is 85.1 Å². The number of ether oxygens (including phenoxy) is 5. The lowest BCUT2D eigenvalue weighted by molar-refractivity contribution is -0.131. The number of likely N-dealkylation sites (tertiary alicyclic amines) is 2. The quantitative estimate of drug-likeness (QED) is 0.0151. The Morgan fingerprint density at radius 3 is 1.44 bits per heavy atom. The zero-order chi connectivity index (χ0) is 77.7. The highest BCUT2D eigenvalue weighted by Crippen LogP contribution is 2.32. The van der Waals surface area contributed by atoms with Crippen molar-refractivity contribution in [3.8, 4) is 23.0 Å². The summed E-state index contributed by atoms with van der Waals surface area (Å²) in [4.78, 5) is 101. The molecule has 0 saturated carbocycles. The average Bonchev–Trinajstić information content (AvgIpc) is 0.909. The van der Waals surface area contributed by atoms with Crippen LogP contribution in [0.25, 0.3) is 32.9 Å². The average molecular weight is 1490 g/mol. The molecule has 2 saturated heterocycles. The standard InChI is InChI=1S/C30H35NO4.C24H26N2O5.C18H15NO5.C14H15ClO3/c1-19(2)6-8-23-14-24(9-7-20(23)3)27(32)16-26-15-25-10-11-28(21(4)29(25)35-30(26)33)34-18-22-12-13-31(5)17-22;1-16-21(29-15-18-10-11-26(2)13-18)9-8-19-12-20(23(27)31-22(16)19)25-24(28)30-14-17-6-4-3-5-7-17;1-11-15(20)8-7-13-9-14(17(21)24-16(11)13)19-18(22)23-10-12-5-3-2-4-6-12;1-9(2)4-5-11-8-12(14(15)17)6-7-13(11)18-10(3)16/h6-7,9-11,14-15,22H,8,12-13,16-18H2,1-5H3;3-9,12,18H,10-11,13-15H2,1-2H3,(H,25,28);2-9,20H,10H2,1H3,(H,19,22);4,6-8H,5H2,1-3H3. The molecule has 0 bridgehead atoms. The summed E-state index contributed by atoms with van der Waals surface area (Å²) in [6, 6.07) is 44.5. The molecule has 2 aliphatic rings. The van der Waals surface area contributed by atoms with E-state index in [1.165, 1.54) is 24.6 Å². The van der Waals surface area contributed by atoms with Crippen molar-refractivity contribution in [2.75, 3.05) is 64.1 Å². The number of phenols is 1. The molecule has 7 aromatic carbocycles. The van der Waals surface area contributed by atoms with E-state index in [2.05, 4.69) is 54.5 Å². The summed E-state index contributed by atoms with van der Waals surface area (Å²) in [6.45, 7) is 22.6. The number of Topliss-reactive ketones (excluding diaryl/α,β-unsaturated/α-hetero) is 1. The number of hydrogen-bond acceptors (Lipinski definition) is 19. The molecule has 0 radical (unpaired) electrons. The topological polar surface area (TPSA) is 273 Å². The second kappa shape index (κ2) is 38.2. The molecular formula is C86H91ClN4O17. The molecule has 564 valence electrons. The van der Waals surface area contributed by atoms with Gasteiger partial charge in [0.05, 0.1) is 13.2 Å². The van der Waals surface area contributed by atoms with Gasteiger partial charge in [0.1, 0.15) is 64.3 Å². The first-order valence-electron chi connectivity index (χ1n) is 35.5. The van der Waals surface area contributed by atoms with Crippen LogP contribution in [-0.2, 0) is 46.7 Å². The van der Waals surface area contributed by atoms with Crippen LogP contribution in [0.4, 0.5) is 21.0 Å². The fraction of sp³-hybridized carbons (Fsp3) is 0.302. The lowest BCUT2D eigenvalue weighted by Gasteiger charge is -2.15. The molecule has 3 aromatic heterocycles. The highest BCUT2D eigenvalue weighted by Gasteiger charge is 2.24. The van der Waals surface area contributed by atoms with Crippen LogP contribution < -0.4 is 41.7 Å². The molecule has 3 N–H and O–H groups in total. The number of nitrogens with zero attached hydrogens (tertiary/aromatic N) is 2. The molecule has 5 heterocycles. The van der Waals surface area contributed by atoms with E-state index in [1.807, 2.05) is 144 Å². The number of nitrogens with one attached hydrogen (secondary N) is 2.